The second-order valence-electron chi connectivity index (χ2n) is 5.67. The number of rotatable bonds is 2. The van der Waals surface area contributed by atoms with Gasteiger partial charge in [-0.3, -0.25) is 4.79 Å². The van der Waals surface area contributed by atoms with Gasteiger partial charge in [-0.15, -0.1) is 12.4 Å². The Hall–Kier alpha value is -1.98. The van der Waals surface area contributed by atoms with Gasteiger partial charge in [0.05, 0.1) is 11.3 Å². The molecule has 1 aliphatic rings. The highest BCUT2D eigenvalue weighted by Crippen LogP contribution is 2.17. The summed E-state index contributed by atoms with van der Waals surface area (Å²) >= 11 is 0. The number of benzene rings is 1. The lowest BCUT2D eigenvalue weighted by Gasteiger charge is -2.32. The van der Waals surface area contributed by atoms with Crippen LogP contribution in [0.15, 0.2) is 36.5 Å². The van der Waals surface area contributed by atoms with Gasteiger partial charge in [0.2, 0.25) is 0 Å². The lowest BCUT2D eigenvalue weighted by molar-refractivity contribution is 0.0707. The maximum atomic E-state index is 12.6. The molecule has 122 valence electrons. The first-order valence-corrected chi connectivity index (χ1v) is 7.57. The average Bonchev–Trinajstić information content (AvgIpc) is 2.55. The van der Waals surface area contributed by atoms with Crippen molar-refractivity contribution in [3.63, 3.8) is 0 Å². The Morgan fingerprint density at radius 3 is 2.70 bits per heavy atom. The van der Waals surface area contributed by atoms with Gasteiger partial charge in [0, 0.05) is 37.4 Å². The lowest BCUT2D eigenvalue weighted by Crippen LogP contribution is -2.51. The highest BCUT2D eigenvalue weighted by Gasteiger charge is 2.23. The van der Waals surface area contributed by atoms with E-state index in [0.717, 1.165) is 30.9 Å². The molecule has 0 bridgehead atoms. The largest absolute Gasteiger partial charge is 0.336 e. The summed E-state index contributed by atoms with van der Waals surface area (Å²) in [5, 5.41) is 3.34. The summed E-state index contributed by atoms with van der Waals surface area (Å²) in [5.74, 6) is 0.675. The number of hydrogen-bond acceptors (Lipinski definition) is 4. The molecule has 1 amide bonds. The van der Waals surface area contributed by atoms with E-state index in [4.69, 9.17) is 0 Å². The van der Waals surface area contributed by atoms with Gasteiger partial charge in [-0.25, -0.2) is 9.97 Å². The monoisotopic (exact) mass is 332 g/mol. The summed E-state index contributed by atoms with van der Waals surface area (Å²) in [5.41, 5.74) is 2.28. The number of hydrogen-bond donors (Lipinski definition) is 1. The molecule has 2 heterocycles. The molecular weight excluding hydrogens is 312 g/mol. The van der Waals surface area contributed by atoms with Crippen LogP contribution in [0.1, 0.15) is 23.0 Å². The third kappa shape index (κ3) is 3.86. The third-order valence-corrected chi connectivity index (χ3v) is 3.90. The summed E-state index contributed by atoms with van der Waals surface area (Å²) < 4.78 is 0. The SMILES string of the molecule is Cc1nc(-c2ccccc2)ncc1C(=O)N1CCN[C@H](C)C1.Cl. The minimum atomic E-state index is 0. The van der Waals surface area contributed by atoms with Crippen LogP contribution < -0.4 is 5.32 Å². The Bertz CT molecular complexity index is 678. The fourth-order valence-electron chi connectivity index (χ4n) is 2.69. The van der Waals surface area contributed by atoms with Gasteiger partial charge >= 0.3 is 0 Å². The second kappa shape index (κ2) is 7.53. The summed E-state index contributed by atoms with van der Waals surface area (Å²) in [6.07, 6.45) is 1.65. The normalized spacial score (nSPS) is 17.5. The maximum Gasteiger partial charge on any atom is 0.257 e. The van der Waals surface area contributed by atoms with Crippen molar-refractivity contribution in [1.29, 1.82) is 0 Å². The Morgan fingerprint density at radius 2 is 2.04 bits per heavy atom. The van der Waals surface area contributed by atoms with Crippen LogP contribution in [-0.4, -0.2) is 46.5 Å². The molecule has 3 rings (SSSR count). The molecule has 23 heavy (non-hydrogen) atoms. The van der Waals surface area contributed by atoms with E-state index >= 15 is 0 Å². The van der Waals surface area contributed by atoms with Gasteiger partial charge in [-0.1, -0.05) is 30.3 Å². The number of aryl methyl sites for hydroxylation is 1. The molecule has 0 unspecified atom stereocenters. The topological polar surface area (TPSA) is 58.1 Å². The molecule has 0 saturated carbocycles. The van der Waals surface area contributed by atoms with Gasteiger partial charge in [0.15, 0.2) is 5.82 Å². The van der Waals surface area contributed by atoms with Crippen LogP contribution >= 0.6 is 12.4 Å². The maximum absolute atomic E-state index is 12.6. The zero-order chi connectivity index (χ0) is 15.5. The van der Waals surface area contributed by atoms with Crippen LogP contribution in [0.2, 0.25) is 0 Å². The number of piperazine rings is 1. The fraction of sp³-hybridized carbons (Fsp3) is 0.353. The van der Waals surface area contributed by atoms with Gasteiger partial charge in [-0.05, 0) is 13.8 Å². The predicted octanol–water partition coefficient (Wildman–Crippen LogP) is 2.31. The van der Waals surface area contributed by atoms with Crippen LogP contribution in [-0.2, 0) is 0 Å². The highest BCUT2D eigenvalue weighted by molar-refractivity contribution is 5.95. The van der Waals surface area contributed by atoms with Crippen molar-refractivity contribution in [2.24, 2.45) is 0 Å². The van der Waals surface area contributed by atoms with Crippen molar-refractivity contribution in [3.05, 3.63) is 47.8 Å². The standard InChI is InChI=1S/C17H20N4O.ClH/c1-12-11-21(9-8-18-12)17(22)15-10-19-16(20-13(15)2)14-6-4-3-5-7-14;/h3-7,10,12,18H,8-9,11H2,1-2H3;1H/t12-;/m1./s1. The molecule has 5 nitrogen and oxygen atoms in total. The van der Waals surface area contributed by atoms with Crippen LogP contribution in [0.4, 0.5) is 0 Å². The Morgan fingerprint density at radius 1 is 1.30 bits per heavy atom. The Labute approximate surface area is 142 Å². The number of carbonyl (C=O) groups excluding carboxylic acids is 1. The number of halogens is 1. The predicted molar refractivity (Wildman–Crippen MR) is 92.8 cm³/mol. The van der Waals surface area contributed by atoms with E-state index in [1.54, 1.807) is 6.20 Å². The lowest BCUT2D eigenvalue weighted by atomic mass is 10.1. The second-order valence-corrected chi connectivity index (χ2v) is 5.67. The van der Waals surface area contributed by atoms with E-state index in [0.29, 0.717) is 17.4 Å². The first-order chi connectivity index (χ1) is 10.6. The number of aromatic nitrogens is 2. The molecule has 6 heteroatoms. The molecule has 0 radical (unpaired) electrons. The van der Waals surface area contributed by atoms with E-state index in [9.17, 15) is 4.79 Å². The Balaban J connectivity index is 0.00000192. The van der Waals surface area contributed by atoms with Crippen LogP contribution in [0.5, 0.6) is 0 Å². The van der Waals surface area contributed by atoms with Gasteiger partial charge < -0.3 is 10.2 Å². The van der Waals surface area contributed by atoms with E-state index in [1.165, 1.54) is 0 Å². The zero-order valence-electron chi connectivity index (χ0n) is 13.3. The molecule has 0 aliphatic carbocycles. The van der Waals surface area contributed by atoms with Crippen LogP contribution in [0, 0.1) is 6.92 Å². The molecule has 1 saturated heterocycles. The first kappa shape index (κ1) is 17.4. The van der Waals surface area contributed by atoms with E-state index < -0.39 is 0 Å². The summed E-state index contributed by atoms with van der Waals surface area (Å²) in [6, 6.07) is 10.1. The smallest absolute Gasteiger partial charge is 0.257 e. The molecule has 0 spiro atoms. The third-order valence-electron chi connectivity index (χ3n) is 3.90. The summed E-state index contributed by atoms with van der Waals surface area (Å²) in [6.45, 7) is 6.23. The number of carbonyl (C=O) groups is 1. The number of amides is 1. The quantitative estimate of drug-likeness (QED) is 0.917. The minimum Gasteiger partial charge on any atom is -0.336 e. The van der Waals surface area contributed by atoms with Crippen molar-refractivity contribution in [1.82, 2.24) is 20.2 Å². The van der Waals surface area contributed by atoms with Gasteiger partial charge in [0.1, 0.15) is 0 Å². The molecular formula is C17H21ClN4O. The average molecular weight is 333 g/mol. The molecule has 1 fully saturated rings. The zero-order valence-corrected chi connectivity index (χ0v) is 14.1. The highest BCUT2D eigenvalue weighted by atomic mass is 35.5. The summed E-state index contributed by atoms with van der Waals surface area (Å²) in [7, 11) is 0. The van der Waals surface area contributed by atoms with Crippen molar-refractivity contribution >= 4 is 18.3 Å². The van der Waals surface area contributed by atoms with Crippen molar-refractivity contribution in [2.45, 2.75) is 19.9 Å². The van der Waals surface area contributed by atoms with E-state index in [1.807, 2.05) is 42.2 Å². The number of nitrogens with zero attached hydrogens (tertiary/aromatic N) is 3. The first-order valence-electron chi connectivity index (χ1n) is 7.57. The molecule has 1 aromatic carbocycles. The minimum absolute atomic E-state index is 0. The molecule has 1 aromatic heterocycles. The van der Waals surface area contributed by atoms with Crippen LogP contribution in [0.25, 0.3) is 11.4 Å². The van der Waals surface area contributed by atoms with Crippen molar-refractivity contribution < 1.29 is 4.79 Å². The number of nitrogens with one attached hydrogen (secondary N) is 1. The summed E-state index contributed by atoms with van der Waals surface area (Å²) in [4.78, 5) is 23.4. The molecule has 1 aliphatic heterocycles. The van der Waals surface area contributed by atoms with Crippen molar-refractivity contribution in [2.75, 3.05) is 19.6 Å². The molecule has 1 atom stereocenters. The van der Waals surface area contributed by atoms with E-state index in [-0.39, 0.29) is 18.3 Å². The Kier molecular flexibility index (Phi) is 5.69. The van der Waals surface area contributed by atoms with Crippen LogP contribution in [0.3, 0.4) is 0 Å². The van der Waals surface area contributed by atoms with Crippen molar-refractivity contribution in [3.8, 4) is 11.4 Å². The van der Waals surface area contributed by atoms with Gasteiger partial charge in [-0.2, -0.15) is 0 Å². The van der Waals surface area contributed by atoms with Gasteiger partial charge in [0.25, 0.3) is 5.91 Å². The fourth-order valence-corrected chi connectivity index (χ4v) is 2.69. The van der Waals surface area contributed by atoms with E-state index in [2.05, 4.69) is 22.2 Å². The molecule has 2 aromatic rings. The molecule has 1 N–H and O–H groups in total.